The molecule has 0 spiro atoms. The molecule has 4 heteroatoms. The fourth-order valence-electron chi connectivity index (χ4n) is 2.50. The predicted octanol–water partition coefficient (Wildman–Crippen LogP) is 6.58. The molecule has 0 amide bonds. The average molecular weight is 395 g/mol. The van der Waals surface area contributed by atoms with Crippen LogP contribution in [0.5, 0.6) is 0 Å². The number of rotatable bonds is 13. The van der Waals surface area contributed by atoms with E-state index in [4.69, 9.17) is 9.84 Å². The number of carboxylic acid groups (broad SMARTS) is 1. The minimum Gasteiger partial charge on any atom is -0.481 e. The molecule has 0 radical (unpaired) electrons. The average Bonchev–Trinajstić information content (AvgIpc) is 2.58. The minimum atomic E-state index is -0.702. The van der Waals surface area contributed by atoms with Crippen LogP contribution >= 0.6 is 0 Å². The number of esters is 1. The van der Waals surface area contributed by atoms with Crippen molar-refractivity contribution in [1.29, 1.82) is 0 Å². The Kier molecular flexibility index (Phi) is 16.4. The van der Waals surface area contributed by atoms with Crippen LogP contribution in [0.1, 0.15) is 80.1 Å². The van der Waals surface area contributed by atoms with Crippen LogP contribution in [0.2, 0.25) is 0 Å². The highest BCUT2D eigenvalue weighted by Crippen LogP contribution is 2.28. The number of ether oxygens (including phenoxy) is 1. The van der Waals surface area contributed by atoms with E-state index < -0.39 is 5.97 Å². The van der Waals surface area contributed by atoms with E-state index in [0.717, 1.165) is 37.7 Å². The Hall–Kier alpha value is -1.84. The number of aliphatic carboxylic acids is 1. The van der Waals surface area contributed by atoms with Gasteiger partial charge >= 0.3 is 11.9 Å². The monoisotopic (exact) mass is 394 g/mol. The molecule has 0 aromatic heterocycles. The second-order valence-corrected chi connectivity index (χ2v) is 8.46. The third kappa shape index (κ3) is 20.5. The van der Waals surface area contributed by atoms with Gasteiger partial charge in [0.15, 0.2) is 0 Å². The van der Waals surface area contributed by atoms with Crippen LogP contribution in [0.15, 0.2) is 37.0 Å². The second kappa shape index (κ2) is 16.1. The summed E-state index contributed by atoms with van der Waals surface area (Å²) in [6.45, 7) is 19.6. The summed E-state index contributed by atoms with van der Waals surface area (Å²) in [5.74, 6) is 0.160. The van der Waals surface area contributed by atoms with Crippen molar-refractivity contribution in [2.75, 3.05) is 6.61 Å². The summed E-state index contributed by atoms with van der Waals surface area (Å²) in [6, 6.07) is 0. The zero-order valence-corrected chi connectivity index (χ0v) is 18.9. The van der Waals surface area contributed by atoms with Gasteiger partial charge < -0.3 is 9.84 Å². The van der Waals surface area contributed by atoms with Crippen LogP contribution < -0.4 is 0 Å². The Morgan fingerprint density at radius 1 is 1.07 bits per heavy atom. The molecule has 28 heavy (non-hydrogen) atoms. The maximum atomic E-state index is 10.6. The van der Waals surface area contributed by atoms with Gasteiger partial charge in [-0.1, -0.05) is 52.3 Å². The molecular weight excluding hydrogens is 352 g/mol. The lowest BCUT2D eigenvalue weighted by Crippen LogP contribution is -2.16. The lowest BCUT2D eigenvalue weighted by atomic mass is 9.83. The lowest BCUT2D eigenvalue weighted by molar-refractivity contribution is -0.140. The molecule has 0 saturated carbocycles. The molecule has 0 heterocycles. The van der Waals surface area contributed by atoms with Gasteiger partial charge in [-0.3, -0.25) is 9.59 Å². The number of hydrogen-bond donors (Lipinski definition) is 1. The van der Waals surface area contributed by atoms with E-state index in [9.17, 15) is 9.59 Å². The molecule has 0 saturated heterocycles. The topological polar surface area (TPSA) is 63.6 Å². The fraction of sp³-hybridized carbons (Fsp3) is 0.667. The van der Waals surface area contributed by atoms with Crippen molar-refractivity contribution in [2.45, 2.75) is 80.1 Å². The van der Waals surface area contributed by atoms with Crippen molar-refractivity contribution in [2.24, 2.45) is 17.3 Å². The zero-order valence-electron chi connectivity index (χ0n) is 18.9. The van der Waals surface area contributed by atoms with Crippen LogP contribution in [0, 0.1) is 17.3 Å². The SMILES string of the molecule is C=CC(C)CCC=C(C)COC(C)=O.C=CC(C)CCCC(C)(C)CC(=O)O. The van der Waals surface area contributed by atoms with Gasteiger partial charge in [0.2, 0.25) is 0 Å². The van der Waals surface area contributed by atoms with E-state index in [1.165, 1.54) is 6.92 Å². The van der Waals surface area contributed by atoms with E-state index in [2.05, 4.69) is 33.1 Å². The Labute approximate surface area is 172 Å². The van der Waals surface area contributed by atoms with Gasteiger partial charge in [0.25, 0.3) is 0 Å². The highest BCUT2D eigenvalue weighted by atomic mass is 16.5. The van der Waals surface area contributed by atoms with Crippen molar-refractivity contribution in [3.8, 4) is 0 Å². The molecule has 0 aliphatic heterocycles. The summed E-state index contributed by atoms with van der Waals surface area (Å²) >= 11 is 0. The van der Waals surface area contributed by atoms with Gasteiger partial charge in [-0.25, -0.2) is 0 Å². The maximum absolute atomic E-state index is 10.6. The largest absolute Gasteiger partial charge is 0.481 e. The summed E-state index contributed by atoms with van der Waals surface area (Å²) in [7, 11) is 0. The lowest BCUT2D eigenvalue weighted by Gasteiger charge is -2.22. The molecule has 4 nitrogen and oxygen atoms in total. The summed E-state index contributed by atoms with van der Waals surface area (Å²) in [4.78, 5) is 21.1. The van der Waals surface area contributed by atoms with Crippen LogP contribution in [0.4, 0.5) is 0 Å². The van der Waals surface area contributed by atoms with Gasteiger partial charge in [0.05, 0.1) is 6.42 Å². The molecule has 1 N–H and O–H groups in total. The van der Waals surface area contributed by atoms with Gasteiger partial charge in [-0.2, -0.15) is 0 Å². The Balaban J connectivity index is 0. The Morgan fingerprint density at radius 2 is 1.61 bits per heavy atom. The van der Waals surface area contributed by atoms with Crippen molar-refractivity contribution >= 4 is 11.9 Å². The first kappa shape index (κ1) is 28.4. The first-order chi connectivity index (χ1) is 12.9. The fourth-order valence-corrected chi connectivity index (χ4v) is 2.50. The second-order valence-electron chi connectivity index (χ2n) is 8.46. The number of hydrogen-bond acceptors (Lipinski definition) is 3. The third-order valence-corrected chi connectivity index (χ3v) is 4.57. The highest BCUT2D eigenvalue weighted by molar-refractivity contribution is 5.67. The quantitative estimate of drug-likeness (QED) is 0.283. The van der Waals surface area contributed by atoms with Gasteiger partial charge in [-0.15, -0.1) is 13.2 Å². The first-order valence-corrected chi connectivity index (χ1v) is 10.2. The molecule has 0 aromatic carbocycles. The Bertz CT molecular complexity index is 503. The molecule has 0 rings (SSSR count). The predicted molar refractivity (Wildman–Crippen MR) is 118 cm³/mol. The van der Waals surface area contributed by atoms with Crippen LogP contribution in [0.3, 0.4) is 0 Å². The van der Waals surface area contributed by atoms with Crippen LogP contribution in [0.25, 0.3) is 0 Å². The van der Waals surface area contributed by atoms with Crippen molar-refractivity contribution in [3.63, 3.8) is 0 Å². The van der Waals surface area contributed by atoms with Crippen molar-refractivity contribution < 1.29 is 19.4 Å². The highest BCUT2D eigenvalue weighted by Gasteiger charge is 2.21. The molecule has 0 aliphatic carbocycles. The number of carbonyl (C=O) groups is 2. The number of carboxylic acids is 1. The van der Waals surface area contributed by atoms with Gasteiger partial charge in [-0.05, 0) is 55.4 Å². The summed E-state index contributed by atoms with van der Waals surface area (Å²) in [5.41, 5.74) is 1.03. The van der Waals surface area contributed by atoms with E-state index in [1.54, 1.807) is 0 Å². The summed E-state index contributed by atoms with van der Waals surface area (Å²) in [6.07, 6.45) is 11.5. The normalized spacial score (nSPS) is 13.6. The first-order valence-electron chi connectivity index (χ1n) is 10.2. The van der Waals surface area contributed by atoms with E-state index in [-0.39, 0.29) is 17.8 Å². The molecule has 162 valence electrons. The summed E-state index contributed by atoms with van der Waals surface area (Å²) < 4.78 is 4.86. The van der Waals surface area contributed by atoms with Gasteiger partial charge in [0, 0.05) is 6.92 Å². The third-order valence-electron chi connectivity index (χ3n) is 4.57. The van der Waals surface area contributed by atoms with Gasteiger partial charge in [0.1, 0.15) is 6.61 Å². The number of allylic oxidation sites excluding steroid dienone is 3. The van der Waals surface area contributed by atoms with Crippen LogP contribution in [-0.2, 0) is 14.3 Å². The minimum absolute atomic E-state index is 0.0767. The van der Waals surface area contributed by atoms with E-state index >= 15 is 0 Å². The van der Waals surface area contributed by atoms with Crippen LogP contribution in [-0.4, -0.2) is 23.7 Å². The van der Waals surface area contributed by atoms with Crippen molar-refractivity contribution in [1.82, 2.24) is 0 Å². The number of carbonyl (C=O) groups excluding carboxylic acids is 1. The molecule has 0 aliphatic rings. The molecule has 0 bridgehead atoms. The maximum Gasteiger partial charge on any atom is 0.303 e. The molecule has 0 fully saturated rings. The standard InChI is InChI=1S/C12H22O2.C12H20O2/c1-5-10(2)7-6-8-12(3,4)9-11(13)14;1-5-10(2)7-6-8-11(3)9-14-12(4)13/h5,10H,1,6-9H2,2-4H3,(H,13,14);5,8,10H,1,6-7,9H2,2-4H3. The molecular formula is C24H42O4. The smallest absolute Gasteiger partial charge is 0.303 e. The zero-order chi connectivity index (χ0) is 22.2. The molecule has 2 unspecified atom stereocenters. The molecule has 0 aromatic rings. The van der Waals surface area contributed by atoms with Crippen molar-refractivity contribution in [3.05, 3.63) is 37.0 Å². The van der Waals surface area contributed by atoms with E-state index in [1.807, 2.05) is 32.9 Å². The Morgan fingerprint density at radius 3 is 2.07 bits per heavy atom. The molecule has 2 atom stereocenters. The van der Waals surface area contributed by atoms with E-state index in [0.29, 0.717) is 18.4 Å². The summed E-state index contributed by atoms with van der Waals surface area (Å²) in [5, 5.41) is 8.69.